The van der Waals surface area contributed by atoms with E-state index in [1.807, 2.05) is 24.3 Å². The SMILES string of the molecule is COc1ccccc1N1CCN(CC(=O)N2CCCC(Oc3nccnc3OC)C2)C1=O. The largest absolute Gasteiger partial charge is 0.495 e. The first-order valence-corrected chi connectivity index (χ1v) is 10.6. The van der Waals surface area contributed by atoms with Gasteiger partial charge in [0.05, 0.1) is 26.5 Å². The first kappa shape index (κ1) is 21.7. The highest BCUT2D eigenvalue weighted by Gasteiger charge is 2.34. The minimum absolute atomic E-state index is 0.0334. The molecule has 0 bridgehead atoms. The van der Waals surface area contributed by atoms with Crippen LogP contribution in [0.2, 0.25) is 0 Å². The van der Waals surface area contributed by atoms with Crippen molar-refractivity contribution in [3.63, 3.8) is 0 Å². The summed E-state index contributed by atoms with van der Waals surface area (Å²) in [6, 6.07) is 7.18. The number of aromatic nitrogens is 2. The minimum atomic E-state index is -0.211. The smallest absolute Gasteiger partial charge is 0.325 e. The first-order chi connectivity index (χ1) is 15.6. The van der Waals surface area contributed by atoms with Crippen LogP contribution in [0, 0.1) is 0 Å². The average molecular weight is 441 g/mol. The zero-order valence-corrected chi connectivity index (χ0v) is 18.3. The number of hydrogen-bond donors (Lipinski definition) is 0. The Labute approximate surface area is 186 Å². The molecular formula is C22H27N5O5. The fraction of sp³-hybridized carbons (Fsp3) is 0.455. The number of ether oxygens (including phenoxy) is 3. The maximum Gasteiger partial charge on any atom is 0.325 e. The minimum Gasteiger partial charge on any atom is -0.495 e. The number of rotatable bonds is 7. The van der Waals surface area contributed by atoms with Gasteiger partial charge in [-0.15, -0.1) is 0 Å². The number of hydrogen-bond acceptors (Lipinski definition) is 7. The topological polar surface area (TPSA) is 97.3 Å². The highest BCUT2D eigenvalue weighted by molar-refractivity contribution is 5.97. The van der Waals surface area contributed by atoms with Crippen LogP contribution in [-0.4, -0.2) is 84.8 Å². The molecular weight excluding hydrogens is 414 g/mol. The van der Waals surface area contributed by atoms with Gasteiger partial charge in [0.2, 0.25) is 5.91 Å². The van der Waals surface area contributed by atoms with Gasteiger partial charge < -0.3 is 24.0 Å². The van der Waals surface area contributed by atoms with Crippen LogP contribution in [-0.2, 0) is 4.79 Å². The number of para-hydroxylation sites is 2. The van der Waals surface area contributed by atoms with E-state index in [9.17, 15) is 9.59 Å². The Morgan fingerprint density at radius 2 is 1.84 bits per heavy atom. The molecule has 2 aliphatic rings. The summed E-state index contributed by atoms with van der Waals surface area (Å²) in [7, 11) is 3.08. The zero-order valence-electron chi connectivity index (χ0n) is 18.3. The number of carbonyl (C=O) groups excluding carboxylic acids is 2. The van der Waals surface area contributed by atoms with Crippen molar-refractivity contribution in [2.24, 2.45) is 0 Å². The van der Waals surface area contributed by atoms with Crippen molar-refractivity contribution >= 4 is 17.6 Å². The lowest BCUT2D eigenvalue weighted by Gasteiger charge is -2.33. The van der Waals surface area contributed by atoms with Crippen LogP contribution in [0.3, 0.4) is 0 Å². The van der Waals surface area contributed by atoms with E-state index in [0.29, 0.717) is 49.4 Å². The van der Waals surface area contributed by atoms with Crippen molar-refractivity contribution in [2.75, 3.05) is 51.8 Å². The lowest BCUT2D eigenvalue weighted by Crippen LogP contribution is -2.48. The number of nitrogens with zero attached hydrogens (tertiary/aromatic N) is 5. The Hall–Kier alpha value is -3.56. The lowest BCUT2D eigenvalue weighted by atomic mass is 10.1. The van der Waals surface area contributed by atoms with Crippen LogP contribution in [0.15, 0.2) is 36.7 Å². The van der Waals surface area contributed by atoms with Crippen molar-refractivity contribution in [3.8, 4) is 17.5 Å². The number of likely N-dealkylation sites (tertiary alicyclic amines) is 1. The van der Waals surface area contributed by atoms with Crippen molar-refractivity contribution in [3.05, 3.63) is 36.7 Å². The Kier molecular flexibility index (Phi) is 6.58. The van der Waals surface area contributed by atoms with Crippen molar-refractivity contribution in [1.82, 2.24) is 19.8 Å². The highest BCUT2D eigenvalue weighted by atomic mass is 16.5. The molecule has 3 heterocycles. The molecule has 0 radical (unpaired) electrons. The summed E-state index contributed by atoms with van der Waals surface area (Å²) in [6.07, 6.45) is 4.46. The van der Waals surface area contributed by atoms with E-state index in [1.165, 1.54) is 19.5 Å². The maximum absolute atomic E-state index is 13.0. The predicted molar refractivity (Wildman–Crippen MR) is 116 cm³/mol. The highest BCUT2D eigenvalue weighted by Crippen LogP contribution is 2.30. The fourth-order valence-corrected chi connectivity index (χ4v) is 4.02. The molecule has 1 atom stereocenters. The van der Waals surface area contributed by atoms with E-state index in [1.54, 1.807) is 21.8 Å². The Morgan fingerprint density at radius 1 is 1.06 bits per heavy atom. The summed E-state index contributed by atoms with van der Waals surface area (Å²) in [6.45, 7) is 2.08. The number of methoxy groups -OCH3 is 2. The Balaban J connectivity index is 1.36. The molecule has 0 aliphatic carbocycles. The first-order valence-electron chi connectivity index (χ1n) is 10.6. The molecule has 1 aromatic heterocycles. The van der Waals surface area contributed by atoms with Gasteiger partial charge in [-0.2, -0.15) is 0 Å². The molecule has 2 saturated heterocycles. The standard InChI is InChI=1S/C22H27N5O5/c1-30-18-8-4-3-7-17(18)27-13-12-26(22(27)29)15-19(28)25-11-5-6-16(14-25)32-21-20(31-2)23-9-10-24-21/h3-4,7-10,16H,5-6,11-15H2,1-2H3. The Morgan fingerprint density at radius 3 is 2.62 bits per heavy atom. The molecule has 1 aromatic carbocycles. The van der Waals surface area contributed by atoms with E-state index in [4.69, 9.17) is 14.2 Å². The van der Waals surface area contributed by atoms with E-state index < -0.39 is 0 Å². The van der Waals surface area contributed by atoms with Crippen molar-refractivity contribution < 1.29 is 23.8 Å². The second kappa shape index (κ2) is 9.71. The molecule has 10 heteroatoms. The fourth-order valence-electron chi connectivity index (χ4n) is 4.02. The molecule has 2 fully saturated rings. The van der Waals surface area contributed by atoms with Gasteiger partial charge in [0.25, 0.3) is 11.8 Å². The lowest BCUT2D eigenvalue weighted by molar-refractivity contribution is -0.134. The summed E-state index contributed by atoms with van der Waals surface area (Å²) < 4.78 is 16.5. The van der Waals surface area contributed by atoms with Crippen molar-refractivity contribution in [1.29, 1.82) is 0 Å². The molecule has 2 aliphatic heterocycles. The summed E-state index contributed by atoms with van der Waals surface area (Å²) in [5.41, 5.74) is 0.708. The van der Waals surface area contributed by atoms with E-state index in [-0.39, 0.29) is 24.6 Å². The third-order valence-electron chi connectivity index (χ3n) is 5.63. The molecule has 1 unspecified atom stereocenters. The Bertz CT molecular complexity index is 971. The number of anilines is 1. The molecule has 32 heavy (non-hydrogen) atoms. The van der Waals surface area contributed by atoms with Crippen LogP contribution in [0.4, 0.5) is 10.5 Å². The van der Waals surface area contributed by atoms with Gasteiger partial charge in [0, 0.05) is 32.0 Å². The second-order valence-electron chi connectivity index (χ2n) is 7.62. The number of benzene rings is 1. The predicted octanol–water partition coefficient (Wildman–Crippen LogP) is 1.81. The van der Waals surface area contributed by atoms with Crippen LogP contribution >= 0.6 is 0 Å². The average Bonchev–Trinajstić information content (AvgIpc) is 3.19. The quantitative estimate of drug-likeness (QED) is 0.646. The zero-order chi connectivity index (χ0) is 22.5. The molecule has 0 spiro atoms. The molecule has 3 amide bonds. The summed E-state index contributed by atoms with van der Waals surface area (Å²) in [4.78, 5) is 39.1. The molecule has 0 saturated carbocycles. The number of piperidine rings is 1. The van der Waals surface area contributed by atoms with Gasteiger partial charge in [-0.1, -0.05) is 12.1 Å². The molecule has 0 N–H and O–H groups in total. The third kappa shape index (κ3) is 4.53. The van der Waals surface area contributed by atoms with Crippen molar-refractivity contribution in [2.45, 2.75) is 18.9 Å². The molecule has 10 nitrogen and oxygen atoms in total. The second-order valence-corrected chi connectivity index (χ2v) is 7.62. The summed E-state index contributed by atoms with van der Waals surface area (Å²) in [5, 5.41) is 0. The number of urea groups is 1. The van der Waals surface area contributed by atoms with Crippen LogP contribution in [0.1, 0.15) is 12.8 Å². The molecule has 2 aromatic rings. The van der Waals surface area contributed by atoms with E-state index in [0.717, 1.165) is 12.8 Å². The van der Waals surface area contributed by atoms with E-state index in [2.05, 4.69) is 9.97 Å². The van der Waals surface area contributed by atoms with Gasteiger partial charge in [-0.3, -0.25) is 9.69 Å². The van der Waals surface area contributed by atoms with Crippen LogP contribution in [0.25, 0.3) is 0 Å². The monoisotopic (exact) mass is 441 g/mol. The van der Waals surface area contributed by atoms with Gasteiger partial charge in [0.15, 0.2) is 0 Å². The third-order valence-corrected chi connectivity index (χ3v) is 5.63. The van der Waals surface area contributed by atoms with Gasteiger partial charge in [-0.25, -0.2) is 14.8 Å². The summed E-state index contributed by atoms with van der Waals surface area (Å²) in [5.74, 6) is 1.16. The van der Waals surface area contributed by atoms with Gasteiger partial charge in [0.1, 0.15) is 18.4 Å². The number of amides is 3. The molecule has 170 valence electrons. The van der Waals surface area contributed by atoms with Gasteiger partial charge >= 0.3 is 6.03 Å². The van der Waals surface area contributed by atoms with Crippen LogP contribution in [0.5, 0.6) is 17.5 Å². The molecule has 4 rings (SSSR count). The maximum atomic E-state index is 13.0. The number of carbonyl (C=O) groups is 2. The van der Waals surface area contributed by atoms with E-state index >= 15 is 0 Å². The normalized spacial score (nSPS) is 18.6. The van der Waals surface area contributed by atoms with Crippen LogP contribution < -0.4 is 19.1 Å². The summed E-state index contributed by atoms with van der Waals surface area (Å²) >= 11 is 0. The van der Waals surface area contributed by atoms with Gasteiger partial charge in [-0.05, 0) is 25.0 Å².